The second kappa shape index (κ2) is 8.22. The van der Waals surface area contributed by atoms with Gasteiger partial charge in [-0.15, -0.1) is 0 Å². The van der Waals surface area contributed by atoms with Crippen molar-refractivity contribution in [2.45, 2.75) is 23.8 Å². The average Bonchev–Trinajstić information content (AvgIpc) is 3.11. The highest BCUT2D eigenvalue weighted by Gasteiger charge is 2.20. The SMILES string of the molecule is COC(=O)COC(=O)c1ccc(S(=O)(=O)NCC2CCCO2)cc1. The van der Waals surface area contributed by atoms with Gasteiger partial charge < -0.3 is 14.2 Å². The van der Waals surface area contributed by atoms with Gasteiger partial charge in [-0.1, -0.05) is 0 Å². The molecule has 0 aliphatic carbocycles. The van der Waals surface area contributed by atoms with Crippen LogP contribution in [0.25, 0.3) is 0 Å². The predicted octanol–water partition coefficient (Wildman–Crippen LogP) is 0.474. The number of hydrogen-bond acceptors (Lipinski definition) is 7. The molecule has 1 fully saturated rings. The smallest absolute Gasteiger partial charge is 0.344 e. The molecule has 8 nitrogen and oxygen atoms in total. The van der Waals surface area contributed by atoms with Crippen molar-refractivity contribution in [2.75, 3.05) is 26.9 Å². The highest BCUT2D eigenvalue weighted by Crippen LogP contribution is 2.14. The summed E-state index contributed by atoms with van der Waals surface area (Å²) in [5.41, 5.74) is 0.136. The van der Waals surface area contributed by atoms with Gasteiger partial charge >= 0.3 is 11.9 Å². The number of rotatable bonds is 7. The molecule has 1 atom stereocenters. The lowest BCUT2D eigenvalue weighted by molar-refractivity contribution is -0.144. The number of hydrogen-bond donors (Lipinski definition) is 1. The Morgan fingerprint density at radius 1 is 1.29 bits per heavy atom. The van der Waals surface area contributed by atoms with E-state index in [-0.39, 0.29) is 23.1 Å². The van der Waals surface area contributed by atoms with E-state index in [2.05, 4.69) is 9.46 Å². The monoisotopic (exact) mass is 357 g/mol. The van der Waals surface area contributed by atoms with E-state index < -0.39 is 28.6 Å². The van der Waals surface area contributed by atoms with Crippen LogP contribution in [-0.2, 0) is 29.0 Å². The Kier molecular flexibility index (Phi) is 6.29. The fourth-order valence-electron chi connectivity index (χ4n) is 2.13. The topological polar surface area (TPSA) is 108 Å². The zero-order valence-corrected chi connectivity index (χ0v) is 14.0. The van der Waals surface area contributed by atoms with Gasteiger partial charge in [-0.3, -0.25) is 0 Å². The van der Waals surface area contributed by atoms with Crippen LogP contribution < -0.4 is 4.72 Å². The van der Waals surface area contributed by atoms with Crippen molar-refractivity contribution in [2.24, 2.45) is 0 Å². The summed E-state index contributed by atoms with van der Waals surface area (Å²) < 4.78 is 41.3. The third-order valence-electron chi connectivity index (χ3n) is 3.47. The molecular weight excluding hydrogens is 338 g/mol. The minimum atomic E-state index is -3.68. The molecule has 0 aromatic heterocycles. The molecule has 1 aromatic rings. The van der Waals surface area contributed by atoms with Crippen molar-refractivity contribution in [1.29, 1.82) is 0 Å². The standard InChI is InChI=1S/C15H19NO7S/c1-21-14(17)10-23-15(18)11-4-6-13(7-5-11)24(19,20)16-9-12-3-2-8-22-12/h4-7,12,16H,2-3,8-10H2,1H3. The number of methoxy groups -OCH3 is 1. The summed E-state index contributed by atoms with van der Waals surface area (Å²) in [5.74, 6) is -1.42. The van der Waals surface area contributed by atoms with Crippen LogP contribution in [0.3, 0.4) is 0 Å². The summed E-state index contributed by atoms with van der Waals surface area (Å²) in [5, 5.41) is 0. The minimum Gasteiger partial charge on any atom is -0.466 e. The second-order valence-electron chi connectivity index (χ2n) is 5.16. The van der Waals surface area contributed by atoms with Crippen LogP contribution in [0, 0.1) is 0 Å². The molecule has 9 heteroatoms. The maximum absolute atomic E-state index is 12.2. The Labute approximate surface area is 140 Å². The largest absolute Gasteiger partial charge is 0.466 e. The van der Waals surface area contributed by atoms with Crippen molar-refractivity contribution in [3.05, 3.63) is 29.8 Å². The van der Waals surface area contributed by atoms with Gasteiger partial charge in [0.2, 0.25) is 10.0 Å². The Morgan fingerprint density at radius 2 is 2.00 bits per heavy atom. The molecule has 1 aliphatic heterocycles. The molecule has 1 heterocycles. The molecule has 2 rings (SSSR count). The third-order valence-corrected chi connectivity index (χ3v) is 4.91. The molecule has 24 heavy (non-hydrogen) atoms. The van der Waals surface area contributed by atoms with Crippen LogP contribution in [0.15, 0.2) is 29.2 Å². The Hall–Kier alpha value is -1.97. The molecule has 0 radical (unpaired) electrons. The van der Waals surface area contributed by atoms with Crippen LogP contribution in [0.1, 0.15) is 23.2 Å². The first-order valence-electron chi connectivity index (χ1n) is 7.37. The highest BCUT2D eigenvalue weighted by molar-refractivity contribution is 7.89. The van der Waals surface area contributed by atoms with Gasteiger partial charge in [0.1, 0.15) is 0 Å². The highest BCUT2D eigenvalue weighted by atomic mass is 32.2. The first-order valence-corrected chi connectivity index (χ1v) is 8.86. The van der Waals surface area contributed by atoms with Crippen molar-refractivity contribution in [3.8, 4) is 0 Å². The number of carbonyl (C=O) groups is 2. The lowest BCUT2D eigenvalue weighted by Gasteiger charge is -2.11. The fourth-order valence-corrected chi connectivity index (χ4v) is 3.19. The number of sulfonamides is 1. The molecule has 132 valence electrons. The fraction of sp³-hybridized carbons (Fsp3) is 0.467. The maximum atomic E-state index is 12.2. The molecule has 0 spiro atoms. The van der Waals surface area contributed by atoms with Gasteiger partial charge in [0.15, 0.2) is 6.61 Å². The molecule has 1 unspecified atom stereocenters. The molecule has 1 N–H and O–H groups in total. The van der Waals surface area contributed by atoms with Crippen LogP contribution in [-0.4, -0.2) is 53.3 Å². The van der Waals surface area contributed by atoms with E-state index in [1.54, 1.807) is 0 Å². The number of ether oxygens (including phenoxy) is 3. The van der Waals surface area contributed by atoms with Gasteiger partial charge in [0, 0.05) is 13.2 Å². The van der Waals surface area contributed by atoms with Gasteiger partial charge in [-0.25, -0.2) is 22.7 Å². The maximum Gasteiger partial charge on any atom is 0.344 e. The molecule has 1 aromatic carbocycles. The van der Waals surface area contributed by atoms with Crippen molar-refractivity contribution in [1.82, 2.24) is 4.72 Å². The van der Waals surface area contributed by atoms with Crippen molar-refractivity contribution in [3.63, 3.8) is 0 Å². The van der Waals surface area contributed by atoms with E-state index in [0.717, 1.165) is 12.8 Å². The first kappa shape index (κ1) is 18.4. The van der Waals surface area contributed by atoms with E-state index in [0.29, 0.717) is 6.61 Å². The first-order chi connectivity index (χ1) is 11.4. The summed E-state index contributed by atoms with van der Waals surface area (Å²) >= 11 is 0. The number of nitrogens with one attached hydrogen (secondary N) is 1. The molecular formula is C15H19NO7S. The van der Waals surface area contributed by atoms with Gasteiger partial charge in [-0.2, -0.15) is 0 Å². The van der Waals surface area contributed by atoms with Crippen LogP contribution in [0.5, 0.6) is 0 Å². The summed E-state index contributed by atoms with van der Waals surface area (Å²) in [6, 6.07) is 5.24. The van der Waals surface area contributed by atoms with E-state index in [9.17, 15) is 18.0 Å². The molecule has 0 saturated carbocycles. The normalized spacial score (nSPS) is 17.5. The third kappa shape index (κ3) is 5.02. The van der Waals surface area contributed by atoms with Gasteiger partial charge in [0.25, 0.3) is 0 Å². The summed E-state index contributed by atoms with van der Waals surface area (Å²) in [6.45, 7) is 0.359. The quantitative estimate of drug-likeness (QED) is 0.707. The van der Waals surface area contributed by atoms with E-state index >= 15 is 0 Å². The second-order valence-corrected chi connectivity index (χ2v) is 6.93. The number of esters is 2. The van der Waals surface area contributed by atoms with Crippen LogP contribution >= 0.6 is 0 Å². The van der Waals surface area contributed by atoms with Gasteiger partial charge in [0.05, 0.1) is 23.7 Å². The van der Waals surface area contributed by atoms with Crippen molar-refractivity contribution < 1.29 is 32.2 Å². The predicted molar refractivity (Wildman–Crippen MR) is 82.9 cm³/mol. The average molecular weight is 357 g/mol. The van der Waals surface area contributed by atoms with Crippen molar-refractivity contribution >= 4 is 22.0 Å². The summed E-state index contributed by atoms with van der Waals surface area (Å²) in [6.07, 6.45) is 1.65. The lowest BCUT2D eigenvalue weighted by Crippen LogP contribution is -2.31. The Balaban J connectivity index is 1.94. The summed E-state index contributed by atoms with van der Waals surface area (Å²) in [7, 11) is -2.50. The summed E-state index contributed by atoms with van der Waals surface area (Å²) in [4.78, 5) is 22.7. The number of benzene rings is 1. The molecule has 0 amide bonds. The van der Waals surface area contributed by atoms with Crippen LogP contribution in [0.2, 0.25) is 0 Å². The zero-order valence-electron chi connectivity index (χ0n) is 13.2. The molecule has 1 saturated heterocycles. The Bertz CT molecular complexity index is 678. The molecule has 0 bridgehead atoms. The lowest BCUT2D eigenvalue weighted by atomic mass is 10.2. The Morgan fingerprint density at radius 3 is 2.58 bits per heavy atom. The van der Waals surface area contributed by atoms with Gasteiger partial charge in [-0.05, 0) is 37.1 Å². The van der Waals surface area contributed by atoms with E-state index in [4.69, 9.17) is 9.47 Å². The minimum absolute atomic E-state index is 0.0324. The zero-order chi connectivity index (χ0) is 17.6. The number of carbonyl (C=O) groups excluding carboxylic acids is 2. The van der Waals surface area contributed by atoms with E-state index in [1.165, 1.54) is 31.4 Å². The van der Waals surface area contributed by atoms with Crippen LogP contribution in [0.4, 0.5) is 0 Å². The molecule has 1 aliphatic rings. The van der Waals surface area contributed by atoms with E-state index in [1.807, 2.05) is 0 Å².